The Bertz CT molecular complexity index is 329. The van der Waals surface area contributed by atoms with Gasteiger partial charge in [0.15, 0.2) is 0 Å². The van der Waals surface area contributed by atoms with E-state index in [1.54, 1.807) is 0 Å². The number of aliphatic hydroxyl groups excluding tert-OH is 1. The number of nitrogens with zero attached hydrogens (tertiary/aromatic N) is 1. The van der Waals surface area contributed by atoms with Crippen molar-refractivity contribution >= 4 is 0 Å². The van der Waals surface area contributed by atoms with Crippen LogP contribution >= 0.6 is 0 Å². The Hall–Kier alpha value is -0.900. The lowest BCUT2D eigenvalue weighted by Crippen LogP contribution is -2.37. The van der Waals surface area contributed by atoms with Crippen LogP contribution < -0.4 is 5.32 Å². The summed E-state index contributed by atoms with van der Waals surface area (Å²) in [5.74, 6) is 0.508. The van der Waals surface area contributed by atoms with Crippen LogP contribution in [-0.2, 0) is 0 Å². The van der Waals surface area contributed by atoms with E-state index < -0.39 is 0 Å². The second-order valence-electron chi connectivity index (χ2n) is 5.04. The number of hydrogen-bond donors (Lipinski definition) is 2. The van der Waals surface area contributed by atoms with Crippen LogP contribution in [0.15, 0.2) is 30.3 Å². The average molecular weight is 264 g/mol. The summed E-state index contributed by atoms with van der Waals surface area (Å²) in [6.07, 6.45) is 0. The SMILES string of the molecule is CCNC(c1ccccc1)C(C)CN(CC)CCO. The van der Waals surface area contributed by atoms with Gasteiger partial charge < -0.3 is 15.3 Å². The lowest BCUT2D eigenvalue weighted by atomic mass is 9.94. The Kier molecular flexibility index (Phi) is 7.72. The third-order valence-corrected chi connectivity index (χ3v) is 3.56. The molecule has 1 aromatic rings. The maximum Gasteiger partial charge on any atom is 0.0558 e. The van der Waals surface area contributed by atoms with Crippen LogP contribution in [0.5, 0.6) is 0 Å². The molecule has 0 aromatic heterocycles. The topological polar surface area (TPSA) is 35.5 Å². The minimum Gasteiger partial charge on any atom is -0.395 e. The third kappa shape index (κ3) is 5.31. The largest absolute Gasteiger partial charge is 0.395 e. The predicted octanol–water partition coefficient (Wildman–Crippen LogP) is 2.29. The Labute approximate surface area is 117 Å². The molecule has 2 N–H and O–H groups in total. The van der Waals surface area contributed by atoms with E-state index in [1.165, 1.54) is 5.56 Å². The van der Waals surface area contributed by atoms with Crippen LogP contribution in [0.2, 0.25) is 0 Å². The summed E-state index contributed by atoms with van der Waals surface area (Å²) in [6, 6.07) is 11.0. The molecule has 0 aliphatic heterocycles. The van der Waals surface area contributed by atoms with Gasteiger partial charge in [0.2, 0.25) is 0 Å². The molecule has 19 heavy (non-hydrogen) atoms. The van der Waals surface area contributed by atoms with Gasteiger partial charge in [-0.15, -0.1) is 0 Å². The first-order chi connectivity index (χ1) is 9.22. The van der Waals surface area contributed by atoms with Gasteiger partial charge in [-0.1, -0.05) is 51.1 Å². The zero-order valence-corrected chi connectivity index (χ0v) is 12.5. The smallest absolute Gasteiger partial charge is 0.0558 e. The molecule has 108 valence electrons. The third-order valence-electron chi connectivity index (χ3n) is 3.56. The highest BCUT2D eigenvalue weighted by Crippen LogP contribution is 2.22. The molecule has 1 rings (SSSR count). The predicted molar refractivity (Wildman–Crippen MR) is 81.2 cm³/mol. The highest BCUT2D eigenvalue weighted by atomic mass is 16.3. The fourth-order valence-electron chi connectivity index (χ4n) is 2.56. The zero-order valence-electron chi connectivity index (χ0n) is 12.5. The van der Waals surface area contributed by atoms with Gasteiger partial charge in [0.1, 0.15) is 0 Å². The molecule has 0 saturated carbocycles. The van der Waals surface area contributed by atoms with E-state index in [2.05, 4.69) is 61.3 Å². The van der Waals surface area contributed by atoms with Gasteiger partial charge in [-0.25, -0.2) is 0 Å². The molecule has 2 unspecified atom stereocenters. The average Bonchev–Trinajstić information content (AvgIpc) is 2.45. The van der Waals surface area contributed by atoms with Crippen molar-refractivity contribution in [3.63, 3.8) is 0 Å². The van der Waals surface area contributed by atoms with Crippen LogP contribution in [0.3, 0.4) is 0 Å². The number of nitrogens with one attached hydrogen (secondary N) is 1. The normalized spacial score (nSPS) is 14.6. The molecule has 0 fully saturated rings. The minimum atomic E-state index is 0.234. The summed E-state index contributed by atoms with van der Waals surface area (Å²) in [4.78, 5) is 2.30. The van der Waals surface area contributed by atoms with E-state index in [9.17, 15) is 0 Å². The monoisotopic (exact) mass is 264 g/mol. The molecular formula is C16H28N2O. The molecule has 0 radical (unpaired) electrons. The van der Waals surface area contributed by atoms with Gasteiger partial charge in [0.25, 0.3) is 0 Å². The maximum atomic E-state index is 9.08. The van der Waals surface area contributed by atoms with Crippen LogP contribution in [0.4, 0.5) is 0 Å². The Morgan fingerprint density at radius 2 is 1.89 bits per heavy atom. The van der Waals surface area contributed by atoms with Gasteiger partial charge in [0, 0.05) is 19.1 Å². The molecule has 0 spiro atoms. The summed E-state index contributed by atoms with van der Waals surface area (Å²) >= 11 is 0. The number of benzene rings is 1. The van der Waals surface area contributed by atoms with E-state index in [0.717, 1.165) is 26.2 Å². The lowest BCUT2D eigenvalue weighted by Gasteiger charge is -2.30. The molecule has 0 saturated heterocycles. The standard InChI is InChI=1S/C16H28N2O/c1-4-17-16(15-9-7-6-8-10-15)14(3)13-18(5-2)11-12-19/h6-10,14,16-17,19H,4-5,11-13H2,1-3H3. The van der Waals surface area contributed by atoms with Crippen molar-refractivity contribution in [1.82, 2.24) is 10.2 Å². The first kappa shape index (κ1) is 16.2. The first-order valence-corrected chi connectivity index (χ1v) is 7.34. The highest BCUT2D eigenvalue weighted by molar-refractivity contribution is 5.19. The quantitative estimate of drug-likeness (QED) is 0.718. The van der Waals surface area contributed by atoms with Crippen molar-refractivity contribution in [3.05, 3.63) is 35.9 Å². The van der Waals surface area contributed by atoms with E-state index in [1.807, 2.05) is 0 Å². The van der Waals surface area contributed by atoms with Crippen LogP contribution in [0.25, 0.3) is 0 Å². The minimum absolute atomic E-state index is 0.234. The summed E-state index contributed by atoms with van der Waals surface area (Å²) in [7, 11) is 0. The Morgan fingerprint density at radius 1 is 1.21 bits per heavy atom. The van der Waals surface area contributed by atoms with Gasteiger partial charge >= 0.3 is 0 Å². The maximum absolute atomic E-state index is 9.08. The van der Waals surface area contributed by atoms with Crippen LogP contribution in [0.1, 0.15) is 32.4 Å². The fourth-order valence-corrected chi connectivity index (χ4v) is 2.56. The number of aliphatic hydroxyl groups is 1. The van der Waals surface area contributed by atoms with Crippen molar-refractivity contribution in [2.24, 2.45) is 5.92 Å². The Balaban J connectivity index is 2.70. The van der Waals surface area contributed by atoms with E-state index >= 15 is 0 Å². The summed E-state index contributed by atoms with van der Waals surface area (Å²) < 4.78 is 0. The highest BCUT2D eigenvalue weighted by Gasteiger charge is 2.20. The van der Waals surface area contributed by atoms with Crippen molar-refractivity contribution in [2.45, 2.75) is 26.8 Å². The molecule has 3 heteroatoms. The molecule has 0 bridgehead atoms. The number of rotatable bonds is 9. The Morgan fingerprint density at radius 3 is 2.42 bits per heavy atom. The molecule has 2 atom stereocenters. The van der Waals surface area contributed by atoms with Gasteiger partial charge in [0.05, 0.1) is 6.61 Å². The van der Waals surface area contributed by atoms with E-state index in [-0.39, 0.29) is 6.61 Å². The molecule has 1 aromatic carbocycles. The fraction of sp³-hybridized carbons (Fsp3) is 0.625. The molecule has 3 nitrogen and oxygen atoms in total. The summed E-state index contributed by atoms with van der Waals surface area (Å²) in [6.45, 7) is 10.5. The van der Waals surface area contributed by atoms with Gasteiger partial charge in [-0.05, 0) is 24.6 Å². The number of likely N-dealkylation sites (N-methyl/N-ethyl adjacent to an activating group) is 1. The summed E-state index contributed by atoms with van der Waals surface area (Å²) in [5.41, 5.74) is 1.34. The molecule has 0 amide bonds. The van der Waals surface area contributed by atoms with Crippen molar-refractivity contribution in [1.29, 1.82) is 0 Å². The van der Waals surface area contributed by atoms with E-state index in [0.29, 0.717) is 12.0 Å². The first-order valence-electron chi connectivity index (χ1n) is 7.34. The molecule has 0 heterocycles. The van der Waals surface area contributed by atoms with Crippen molar-refractivity contribution < 1.29 is 5.11 Å². The van der Waals surface area contributed by atoms with Crippen LogP contribution in [0, 0.1) is 5.92 Å². The molecular weight excluding hydrogens is 236 g/mol. The van der Waals surface area contributed by atoms with Gasteiger partial charge in [-0.3, -0.25) is 0 Å². The second kappa shape index (κ2) is 9.08. The second-order valence-corrected chi connectivity index (χ2v) is 5.04. The summed E-state index contributed by atoms with van der Waals surface area (Å²) in [5, 5.41) is 12.7. The number of hydrogen-bond acceptors (Lipinski definition) is 3. The van der Waals surface area contributed by atoms with E-state index in [4.69, 9.17) is 5.11 Å². The van der Waals surface area contributed by atoms with Crippen molar-refractivity contribution in [2.75, 3.05) is 32.8 Å². The van der Waals surface area contributed by atoms with Gasteiger partial charge in [-0.2, -0.15) is 0 Å². The lowest BCUT2D eigenvalue weighted by molar-refractivity contribution is 0.172. The zero-order chi connectivity index (χ0) is 14.1. The molecule has 0 aliphatic carbocycles. The van der Waals surface area contributed by atoms with Crippen molar-refractivity contribution in [3.8, 4) is 0 Å². The molecule has 0 aliphatic rings. The van der Waals surface area contributed by atoms with Crippen LogP contribution in [-0.4, -0.2) is 42.8 Å².